The number of aryl methyl sites for hydroxylation is 1. The third-order valence-corrected chi connectivity index (χ3v) is 5.30. The maximum atomic E-state index is 12.7. The highest BCUT2D eigenvalue weighted by Gasteiger charge is 2.18. The molecule has 21 heavy (non-hydrogen) atoms. The Bertz CT molecular complexity index is 668. The zero-order valence-corrected chi connectivity index (χ0v) is 14.8. The molecule has 0 radical (unpaired) electrons. The standard InChI is InChI=1S/C16H15BrClNOS/c1-3-9-19(10-12-7-8-14(18)21-12)16(20)13-6-4-5-11(2)15(13)17/h3-8H,1,9-10H2,2H3. The lowest BCUT2D eigenvalue weighted by Crippen LogP contribution is -2.30. The lowest BCUT2D eigenvalue weighted by atomic mass is 10.1. The number of benzene rings is 1. The first-order chi connectivity index (χ1) is 10.0. The molecule has 0 aliphatic heterocycles. The number of rotatable bonds is 5. The van der Waals surface area contributed by atoms with Crippen molar-refractivity contribution in [3.63, 3.8) is 0 Å². The number of nitrogens with zero attached hydrogens (tertiary/aromatic N) is 1. The molecule has 1 heterocycles. The van der Waals surface area contributed by atoms with Crippen molar-refractivity contribution < 1.29 is 4.79 Å². The quantitative estimate of drug-likeness (QED) is 0.640. The van der Waals surface area contributed by atoms with Gasteiger partial charge in [0.25, 0.3) is 5.91 Å². The van der Waals surface area contributed by atoms with Crippen LogP contribution in [0, 0.1) is 6.92 Å². The maximum absolute atomic E-state index is 12.7. The summed E-state index contributed by atoms with van der Waals surface area (Å²) in [6.45, 7) is 6.73. The van der Waals surface area contributed by atoms with Gasteiger partial charge in [-0.3, -0.25) is 4.79 Å². The molecule has 0 spiro atoms. The van der Waals surface area contributed by atoms with Gasteiger partial charge in [0.05, 0.1) is 16.4 Å². The summed E-state index contributed by atoms with van der Waals surface area (Å²) < 4.78 is 1.57. The average molecular weight is 385 g/mol. The van der Waals surface area contributed by atoms with Crippen LogP contribution in [-0.4, -0.2) is 17.4 Å². The molecule has 0 atom stereocenters. The Morgan fingerprint density at radius 2 is 2.19 bits per heavy atom. The van der Waals surface area contributed by atoms with Crippen LogP contribution in [-0.2, 0) is 6.54 Å². The van der Waals surface area contributed by atoms with Crippen molar-refractivity contribution in [1.82, 2.24) is 4.90 Å². The fraction of sp³-hybridized carbons (Fsp3) is 0.188. The normalized spacial score (nSPS) is 10.4. The van der Waals surface area contributed by atoms with Gasteiger partial charge in [-0.25, -0.2) is 0 Å². The van der Waals surface area contributed by atoms with Crippen LogP contribution in [0.4, 0.5) is 0 Å². The molecule has 1 aromatic carbocycles. The zero-order chi connectivity index (χ0) is 15.4. The summed E-state index contributed by atoms with van der Waals surface area (Å²) in [7, 11) is 0. The topological polar surface area (TPSA) is 20.3 Å². The Morgan fingerprint density at radius 3 is 2.81 bits per heavy atom. The largest absolute Gasteiger partial charge is 0.330 e. The summed E-state index contributed by atoms with van der Waals surface area (Å²) in [5.74, 6) is -0.0185. The van der Waals surface area contributed by atoms with Gasteiger partial charge in [0, 0.05) is 15.9 Å². The molecular weight excluding hydrogens is 370 g/mol. The first kappa shape index (κ1) is 16.3. The van der Waals surface area contributed by atoms with E-state index in [4.69, 9.17) is 11.6 Å². The van der Waals surface area contributed by atoms with Crippen LogP contribution in [0.3, 0.4) is 0 Å². The Labute approximate surface area is 142 Å². The van der Waals surface area contributed by atoms with Crippen LogP contribution in [0.15, 0.2) is 47.5 Å². The minimum absolute atomic E-state index is 0.0185. The van der Waals surface area contributed by atoms with Crippen LogP contribution in [0.5, 0.6) is 0 Å². The van der Waals surface area contributed by atoms with Gasteiger partial charge >= 0.3 is 0 Å². The molecule has 1 aromatic heterocycles. The highest BCUT2D eigenvalue weighted by molar-refractivity contribution is 9.10. The molecule has 0 saturated heterocycles. The smallest absolute Gasteiger partial charge is 0.255 e. The molecule has 0 unspecified atom stereocenters. The molecule has 2 nitrogen and oxygen atoms in total. The van der Waals surface area contributed by atoms with E-state index < -0.39 is 0 Å². The Morgan fingerprint density at radius 1 is 1.43 bits per heavy atom. The summed E-state index contributed by atoms with van der Waals surface area (Å²) in [5, 5.41) is 0. The Balaban J connectivity index is 2.26. The lowest BCUT2D eigenvalue weighted by molar-refractivity contribution is 0.0763. The van der Waals surface area contributed by atoms with Gasteiger partial charge in [-0.15, -0.1) is 17.9 Å². The summed E-state index contributed by atoms with van der Waals surface area (Å²) in [6.07, 6.45) is 1.73. The summed E-state index contributed by atoms with van der Waals surface area (Å²) in [6, 6.07) is 9.48. The van der Waals surface area contributed by atoms with Gasteiger partial charge < -0.3 is 4.90 Å². The maximum Gasteiger partial charge on any atom is 0.255 e. The van der Waals surface area contributed by atoms with Crippen LogP contribution in [0.2, 0.25) is 4.34 Å². The van der Waals surface area contributed by atoms with Gasteiger partial charge in [0.1, 0.15) is 0 Å². The van der Waals surface area contributed by atoms with E-state index in [1.165, 1.54) is 11.3 Å². The number of amides is 1. The number of thiophene rings is 1. The summed E-state index contributed by atoms with van der Waals surface area (Å²) >= 11 is 10.9. The lowest BCUT2D eigenvalue weighted by Gasteiger charge is -2.21. The van der Waals surface area contributed by atoms with Gasteiger partial charge in [0.15, 0.2) is 0 Å². The minimum atomic E-state index is -0.0185. The van der Waals surface area contributed by atoms with Crippen molar-refractivity contribution >= 4 is 44.8 Å². The first-order valence-corrected chi connectivity index (χ1v) is 8.41. The van der Waals surface area contributed by atoms with Gasteiger partial charge in [-0.1, -0.05) is 29.8 Å². The zero-order valence-electron chi connectivity index (χ0n) is 11.6. The van der Waals surface area contributed by atoms with E-state index in [1.54, 1.807) is 11.0 Å². The second kappa shape index (κ2) is 7.25. The molecule has 5 heteroatoms. The van der Waals surface area contributed by atoms with Crippen molar-refractivity contribution in [2.75, 3.05) is 6.54 Å². The van der Waals surface area contributed by atoms with Crippen molar-refractivity contribution in [1.29, 1.82) is 0 Å². The predicted octanol–water partition coefficient (Wildman–Crippen LogP) is 5.30. The fourth-order valence-corrected chi connectivity index (χ4v) is 3.52. The molecule has 0 aliphatic carbocycles. The second-order valence-electron chi connectivity index (χ2n) is 4.62. The number of halogens is 2. The van der Waals surface area contributed by atoms with Crippen LogP contribution in [0.25, 0.3) is 0 Å². The van der Waals surface area contributed by atoms with Crippen molar-refractivity contribution in [3.8, 4) is 0 Å². The second-order valence-corrected chi connectivity index (χ2v) is 7.21. The average Bonchev–Trinajstić information content (AvgIpc) is 2.86. The highest BCUT2D eigenvalue weighted by Crippen LogP contribution is 2.26. The van der Waals surface area contributed by atoms with E-state index >= 15 is 0 Å². The van der Waals surface area contributed by atoms with E-state index in [1.807, 2.05) is 37.3 Å². The SMILES string of the molecule is C=CCN(Cc1ccc(Cl)s1)C(=O)c1cccc(C)c1Br. The highest BCUT2D eigenvalue weighted by atomic mass is 79.9. The molecular formula is C16H15BrClNOS. The van der Waals surface area contributed by atoms with Crippen LogP contribution in [0.1, 0.15) is 20.8 Å². The third-order valence-electron chi connectivity index (χ3n) is 3.03. The van der Waals surface area contributed by atoms with Crippen molar-refractivity contribution in [2.24, 2.45) is 0 Å². The molecule has 0 aliphatic rings. The van der Waals surface area contributed by atoms with E-state index in [2.05, 4.69) is 22.5 Å². The summed E-state index contributed by atoms with van der Waals surface area (Å²) in [5.41, 5.74) is 1.71. The molecule has 0 fully saturated rings. The monoisotopic (exact) mass is 383 g/mol. The Kier molecular flexibility index (Phi) is 5.62. The number of carbonyl (C=O) groups is 1. The van der Waals surface area contributed by atoms with E-state index in [0.29, 0.717) is 18.7 Å². The molecule has 0 saturated carbocycles. The summed E-state index contributed by atoms with van der Waals surface area (Å²) in [4.78, 5) is 15.6. The van der Waals surface area contributed by atoms with Gasteiger partial charge in [0.2, 0.25) is 0 Å². The molecule has 110 valence electrons. The number of carbonyl (C=O) groups excluding carboxylic acids is 1. The number of hydrogen-bond donors (Lipinski definition) is 0. The van der Waals surface area contributed by atoms with Crippen LogP contribution >= 0.6 is 38.9 Å². The van der Waals surface area contributed by atoms with Gasteiger partial charge in [-0.05, 0) is 46.6 Å². The first-order valence-electron chi connectivity index (χ1n) is 6.42. The van der Waals surface area contributed by atoms with Crippen molar-refractivity contribution in [3.05, 3.63) is 67.8 Å². The van der Waals surface area contributed by atoms with E-state index in [0.717, 1.165) is 19.2 Å². The Hall–Kier alpha value is -1.10. The molecule has 0 bridgehead atoms. The van der Waals surface area contributed by atoms with Crippen molar-refractivity contribution in [2.45, 2.75) is 13.5 Å². The third kappa shape index (κ3) is 3.96. The van der Waals surface area contributed by atoms with Crippen LogP contribution < -0.4 is 0 Å². The predicted molar refractivity (Wildman–Crippen MR) is 93.1 cm³/mol. The molecule has 2 aromatic rings. The van der Waals surface area contributed by atoms with Gasteiger partial charge in [-0.2, -0.15) is 0 Å². The number of hydrogen-bond acceptors (Lipinski definition) is 2. The molecule has 1 amide bonds. The molecule has 0 N–H and O–H groups in total. The minimum Gasteiger partial charge on any atom is -0.330 e. The molecule has 2 rings (SSSR count). The van der Waals surface area contributed by atoms with E-state index in [-0.39, 0.29) is 5.91 Å². The van der Waals surface area contributed by atoms with E-state index in [9.17, 15) is 4.79 Å². The fourth-order valence-electron chi connectivity index (χ4n) is 1.98.